The third kappa shape index (κ3) is 3.35. The zero-order valence-corrected chi connectivity index (χ0v) is 11.7. The van der Waals surface area contributed by atoms with Crippen LogP contribution in [0.2, 0.25) is 0 Å². The van der Waals surface area contributed by atoms with Crippen molar-refractivity contribution in [2.24, 2.45) is 13.0 Å². The third-order valence-corrected chi connectivity index (χ3v) is 4.19. The highest BCUT2D eigenvalue weighted by atomic mass is 16.4. The van der Waals surface area contributed by atoms with Crippen molar-refractivity contribution in [1.29, 1.82) is 0 Å². The first-order chi connectivity index (χ1) is 9.09. The highest BCUT2D eigenvalue weighted by Crippen LogP contribution is 2.23. The van der Waals surface area contributed by atoms with Crippen LogP contribution in [0.4, 0.5) is 0 Å². The number of hydrogen-bond donors (Lipinski definition) is 2. The molecule has 1 fully saturated rings. The number of carbonyl (C=O) groups is 1. The Morgan fingerprint density at radius 1 is 1.47 bits per heavy atom. The molecule has 2 unspecified atom stereocenters. The number of hydrogen-bond acceptors (Lipinski definition) is 3. The lowest BCUT2D eigenvalue weighted by molar-refractivity contribution is 0.0695. The van der Waals surface area contributed by atoms with Crippen molar-refractivity contribution >= 4 is 5.97 Å². The van der Waals surface area contributed by atoms with Crippen LogP contribution >= 0.6 is 0 Å². The minimum Gasteiger partial charge on any atom is -0.478 e. The van der Waals surface area contributed by atoms with Gasteiger partial charge in [0.25, 0.3) is 0 Å². The summed E-state index contributed by atoms with van der Waals surface area (Å²) in [5.74, 6) is -0.247. The summed E-state index contributed by atoms with van der Waals surface area (Å²) in [6.07, 6.45) is 7.76. The normalized spacial score (nSPS) is 24.1. The molecule has 0 amide bonds. The van der Waals surface area contributed by atoms with Crippen LogP contribution in [0.25, 0.3) is 0 Å². The van der Waals surface area contributed by atoms with E-state index in [1.165, 1.54) is 38.3 Å². The Hall–Kier alpha value is -1.36. The van der Waals surface area contributed by atoms with Crippen LogP contribution in [0.5, 0.6) is 0 Å². The lowest BCUT2D eigenvalue weighted by Gasteiger charge is -2.23. The monoisotopic (exact) mass is 265 g/mol. The molecule has 1 aliphatic carbocycles. The van der Waals surface area contributed by atoms with Gasteiger partial charge in [0.2, 0.25) is 0 Å². The first-order valence-electron chi connectivity index (χ1n) is 7.07. The molecule has 1 aromatic heterocycles. The largest absolute Gasteiger partial charge is 0.478 e. The van der Waals surface area contributed by atoms with E-state index in [-0.39, 0.29) is 0 Å². The molecule has 0 radical (unpaired) electrons. The van der Waals surface area contributed by atoms with Gasteiger partial charge in [-0.05, 0) is 18.8 Å². The van der Waals surface area contributed by atoms with Gasteiger partial charge in [-0.2, -0.15) is 5.10 Å². The van der Waals surface area contributed by atoms with Gasteiger partial charge in [-0.1, -0.05) is 26.2 Å². The van der Waals surface area contributed by atoms with Crippen molar-refractivity contribution in [2.75, 3.05) is 0 Å². The number of carboxylic acid groups (broad SMARTS) is 1. The van der Waals surface area contributed by atoms with Gasteiger partial charge < -0.3 is 10.4 Å². The van der Waals surface area contributed by atoms with Crippen molar-refractivity contribution in [3.05, 3.63) is 17.5 Å². The average molecular weight is 265 g/mol. The molecule has 0 saturated heterocycles. The molecule has 2 N–H and O–H groups in total. The fourth-order valence-electron chi connectivity index (χ4n) is 2.88. The topological polar surface area (TPSA) is 67.2 Å². The van der Waals surface area contributed by atoms with Crippen molar-refractivity contribution in [2.45, 2.75) is 51.6 Å². The van der Waals surface area contributed by atoms with E-state index >= 15 is 0 Å². The molecule has 1 aliphatic rings. The Bertz CT molecular complexity index is 442. The number of nitrogens with one attached hydrogen (secondary N) is 1. The summed E-state index contributed by atoms with van der Waals surface area (Å²) in [5, 5.41) is 16.7. The molecule has 2 atom stereocenters. The smallest absolute Gasteiger partial charge is 0.339 e. The molecule has 0 spiro atoms. The Morgan fingerprint density at radius 3 is 2.95 bits per heavy atom. The zero-order chi connectivity index (χ0) is 13.8. The van der Waals surface area contributed by atoms with Gasteiger partial charge >= 0.3 is 5.97 Å². The second-order valence-corrected chi connectivity index (χ2v) is 5.54. The molecule has 0 aromatic carbocycles. The summed E-state index contributed by atoms with van der Waals surface area (Å²) in [6.45, 7) is 2.86. The van der Waals surface area contributed by atoms with Crippen LogP contribution in [0.3, 0.4) is 0 Å². The maximum Gasteiger partial charge on any atom is 0.339 e. The average Bonchev–Trinajstić information content (AvgIpc) is 2.61. The van der Waals surface area contributed by atoms with Crippen molar-refractivity contribution in [1.82, 2.24) is 15.1 Å². The summed E-state index contributed by atoms with van der Waals surface area (Å²) in [7, 11) is 1.79. The molecule has 5 nitrogen and oxygen atoms in total. The molecular formula is C14H23N3O2. The Labute approximate surface area is 114 Å². The number of carboxylic acids is 1. The van der Waals surface area contributed by atoms with E-state index in [4.69, 9.17) is 5.11 Å². The summed E-state index contributed by atoms with van der Waals surface area (Å²) >= 11 is 0. The molecule has 0 aliphatic heterocycles. The quantitative estimate of drug-likeness (QED) is 0.819. The van der Waals surface area contributed by atoms with E-state index in [1.807, 2.05) is 0 Å². The molecule has 1 aromatic rings. The van der Waals surface area contributed by atoms with Gasteiger partial charge in [0.1, 0.15) is 5.56 Å². The summed E-state index contributed by atoms with van der Waals surface area (Å²) in [4.78, 5) is 11.1. The number of aromatic nitrogens is 2. The predicted octanol–water partition coefficient (Wildman–Crippen LogP) is 2.18. The lowest BCUT2D eigenvalue weighted by Crippen LogP contribution is -2.34. The molecule has 2 rings (SSSR count). The summed E-state index contributed by atoms with van der Waals surface area (Å²) in [5.41, 5.74) is 1.06. The second kappa shape index (κ2) is 6.19. The van der Waals surface area contributed by atoms with Gasteiger partial charge in [0, 0.05) is 19.6 Å². The van der Waals surface area contributed by atoms with Crippen LogP contribution in [0.15, 0.2) is 6.20 Å². The predicted molar refractivity (Wildman–Crippen MR) is 73.0 cm³/mol. The van der Waals surface area contributed by atoms with Gasteiger partial charge in [-0.3, -0.25) is 4.68 Å². The van der Waals surface area contributed by atoms with Gasteiger partial charge in [0.15, 0.2) is 0 Å². The van der Waals surface area contributed by atoms with Gasteiger partial charge in [-0.25, -0.2) is 4.79 Å². The molecule has 1 saturated carbocycles. The molecule has 1 heterocycles. The fraction of sp³-hybridized carbons (Fsp3) is 0.714. The number of aryl methyl sites for hydroxylation is 1. The van der Waals surface area contributed by atoms with E-state index in [9.17, 15) is 4.79 Å². The molecule has 19 heavy (non-hydrogen) atoms. The minimum atomic E-state index is -0.904. The number of aromatic carboxylic acids is 1. The SMILES string of the molecule is CC1CCCCCC1NCc1c(C(=O)O)cnn1C. The minimum absolute atomic E-state index is 0.302. The van der Waals surface area contributed by atoms with Gasteiger partial charge in [0.05, 0.1) is 11.9 Å². The highest BCUT2D eigenvalue weighted by Gasteiger charge is 2.21. The van der Waals surface area contributed by atoms with Crippen molar-refractivity contribution in [3.63, 3.8) is 0 Å². The molecule has 106 valence electrons. The standard InChI is InChI=1S/C14H23N3O2/c1-10-6-4-3-5-7-12(10)15-9-13-11(14(18)19)8-16-17(13)2/h8,10,12,15H,3-7,9H2,1-2H3,(H,18,19). The number of rotatable bonds is 4. The van der Waals surface area contributed by atoms with E-state index in [1.54, 1.807) is 11.7 Å². The van der Waals surface area contributed by atoms with Crippen LogP contribution in [0.1, 0.15) is 55.1 Å². The Kier molecular flexibility index (Phi) is 4.58. The zero-order valence-electron chi connectivity index (χ0n) is 11.7. The lowest BCUT2D eigenvalue weighted by atomic mass is 9.97. The summed E-state index contributed by atoms with van der Waals surface area (Å²) < 4.78 is 1.65. The fourth-order valence-corrected chi connectivity index (χ4v) is 2.88. The van der Waals surface area contributed by atoms with E-state index in [0.29, 0.717) is 24.1 Å². The van der Waals surface area contributed by atoms with E-state index < -0.39 is 5.97 Å². The van der Waals surface area contributed by atoms with Crippen molar-refractivity contribution in [3.8, 4) is 0 Å². The molecule has 5 heteroatoms. The maximum absolute atomic E-state index is 11.1. The van der Waals surface area contributed by atoms with Crippen LogP contribution in [-0.4, -0.2) is 26.9 Å². The van der Waals surface area contributed by atoms with Gasteiger partial charge in [-0.15, -0.1) is 0 Å². The first-order valence-corrected chi connectivity index (χ1v) is 7.07. The molecular weight excluding hydrogens is 242 g/mol. The van der Waals surface area contributed by atoms with Crippen LogP contribution in [0, 0.1) is 5.92 Å². The number of nitrogens with zero attached hydrogens (tertiary/aromatic N) is 2. The third-order valence-electron chi connectivity index (χ3n) is 4.19. The van der Waals surface area contributed by atoms with E-state index in [0.717, 1.165) is 5.69 Å². The summed E-state index contributed by atoms with van der Waals surface area (Å²) in [6, 6.07) is 0.485. The van der Waals surface area contributed by atoms with Crippen molar-refractivity contribution < 1.29 is 9.90 Å². The van der Waals surface area contributed by atoms with E-state index in [2.05, 4.69) is 17.3 Å². The highest BCUT2D eigenvalue weighted by molar-refractivity contribution is 5.88. The Balaban J connectivity index is 2.01. The second-order valence-electron chi connectivity index (χ2n) is 5.54. The molecule has 0 bridgehead atoms. The maximum atomic E-state index is 11.1. The first kappa shape index (κ1) is 14.1. The van der Waals surface area contributed by atoms with Crippen LogP contribution < -0.4 is 5.32 Å². The Morgan fingerprint density at radius 2 is 2.21 bits per heavy atom. The van der Waals surface area contributed by atoms with Crippen LogP contribution in [-0.2, 0) is 13.6 Å².